The Morgan fingerprint density at radius 2 is 2.10 bits per heavy atom. The summed E-state index contributed by atoms with van der Waals surface area (Å²) < 4.78 is 5.55. The first kappa shape index (κ1) is 14.5. The normalized spacial score (nSPS) is 11.5. The van der Waals surface area contributed by atoms with Crippen molar-refractivity contribution in [3.05, 3.63) is 63.7 Å². The summed E-state index contributed by atoms with van der Waals surface area (Å²) in [5.74, 6) is 0.540. The van der Waals surface area contributed by atoms with Gasteiger partial charge in [0.1, 0.15) is 5.75 Å². The van der Waals surface area contributed by atoms with Gasteiger partial charge in [0.15, 0.2) is 0 Å². The molecule has 21 heavy (non-hydrogen) atoms. The molecule has 0 bridgehead atoms. The van der Waals surface area contributed by atoms with Crippen LogP contribution in [0.5, 0.6) is 11.5 Å². The Kier molecular flexibility index (Phi) is 4.16. The van der Waals surface area contributed by atoms with Gasteiger partial charge in [0.2, 0.25) is 5.75 Å². The molecule has 0 amide bonds. The third kappa shape index (κ3) is 3.35. The van der Waals surface area contributed by atoms with Crippen LogP contribution in [0.3, 0.4) is 0 Å². The molecule has 0 fully saturated rings. The number of nitrogens with two attached hydrogens (primary N) is 1. The Hall–Kier alpha value is -2.91. The number of nitrogens with zero attached hydrogens (tertiary/aromatic N) is 2. The summed E-state index contributed by atoms with van der Waals surface area (Å²) in [5.41, 5.74) is 6.61. The van der Waals surface area contributed by atoms with Crippen LogP contribution in [-0.4, -0.2) is 4.92 Å². The Balaban J connectivity index is 2.38. The maximum atomic E-state index is 11.1. The SMILES string of the molecule is CC(N)c1cccc(Oc2ccc(C#N)cc2[N+](=O)[O-])c1. The minimum absolute atomic E-state index is 0.0841. The van der Waals surface area contributed by atoms with Crippen LogP contribution in [0.2, 0.25) is 0 Å². The van der Waals surface area contributed by atoms with Gasteiger partial charge in [-0.1, -0.05) is 12.1 Å². The van der Waals surface area contributed by atoms with E-state index in [1.165, 1.54) is 18.2 Å². The lowest BCUT2D eigenvalue weighted by atomic mass is 10.1. The van der Waals surface area contributed by atoms with Crippen molar-refractivity contribution in [1.29, 1.82) is 5.26 Å². The molecule has 6 heteroatoms. The molecule has 2 N–H and O–H groups in total. The Morgan fingerprint density at radius 1 is 1.33 bits per heavy atom. The molecule has 0 radical (unpaired) electrons. The monoisotopic (exact) mass is 283 g/mol. The Labute approximate surface area is 121 Å². The molecular weight excluding hydrogens is 270 g/mol. The standard InChI is InChI=1S/C15H13N3O3/c1-10(17)12-3-2-4-13(8-12)21-15-6-5-11(9-16)7-14(15)18(19)20/h2-8,10H,17H2,1H3. The summed E-state index contributed by atoms with van der Waals surface area (Å²) in [6.45, 7) is 1.84. The number of ether oxygens (including phenoxy) is 1. The number of hydrogen-bond acceptors (Lipinski definition) is 5. The minimum atomic E-state index is -0.578. The molecule has 0 saturated heterocycles. The van der Waals surface area contributed by atoms with Crippen LogP contribution in [-0.2, 0) is 0 Å². The van der Waals surface area contributed by atoms with Gasteiger partial charge in [-0.15, -0.1) is 0 Å². The molecule has 2 aromatic rings. The average molecular weight is 283 g/mol. The zero-order chi connectivity index (χ0) is 15.4. The van der Waals surface area contributed by atoms with Crippen LogP contribution in [0, 0.1) is 21.4 Å². The van der Waals surface area contributed by atoms with E-state index in [1.54, 1.807) is 18.2 Å². The van der Waals surface area contributed by atoms with E-state index in [0.717, 1.165) is 5.56 Å². The number of nitriles is 1. The fraction of sp³-hybridized carbons (Fsp3) is 0.133. The van der Waals surface area contributed by atoms with Crippen molar-refractivity contribution >= 4 is 5.69 Å². The van der Waals surface area contributed by atoms with Crippen LogP contribution < -0.4 is 10.5 Å². The first-order valence-electron chi connectivity index (χ1n) is 6.23. The molecule has 0 aliphatic heterocycles. The summed E-state index contributed by atoms with van der Waals surface area (Å²) in [7, 11) is 0. The molecule has 6 nitrogen and oxygen atoms in total. The first-order chi connectivity index (χ1) is 10.0. The van der Waals surface area contributed by atoms with E-state index < -0.39 is 4.92 Å². The Morgan fingerprint density at radius 3 is 2.71 bits per heavy atom. The highest BCUT2D eigenvalue weighted by Crippen LogP contribution is 2.32. The lowest BCUT2D eigenvalue weighted by Gasteiger charge is -2.10. The molecular formula is C15H13N3O3. The molecule has 0 aliphatic carbocycles. The van der Waals surface area contributed by atoms with E-state index in [9.17, 15) is 10.1 Å². The van der Waals surface area contributed by atoms with E-state index in [1.807, 2.05) is 19.1 Å². The van der Waals surface area contributed by atoms with Crippen LogP contribution in [0.25, 0.3) is 0 Å². The number of hydrogen-bond donors (Lipinski definition) is 1. The molecule has 0 heterocycles. The van der Waals surface area contributed by atoms with E-state index in [4.69, 9.17) is 15.7 Å². The van der Waals surface area contributed by atoms with Gasteiger partial charge in [-0.05, 0) is 36.8 Å². The second kappa shape index (κ2) is 6.03. The maximum absolute atomic E-state index is 11.1. The molecule has 0 saturated carbocycles. The average Bonchev–Trinajstić information content (AvgIpc) is 2.47. The van der Waals surface area contributed by atoms with Crippen molar-refractivity contribution < 1.29 is 9.66 Å². The fourth-order valence-electron chi connectivity index (χ4n) is 1.80. The smallest absolute Gasteiger partial charge is 0.312 e. The van der Waals surface area contributed by atoms with Crippen molar-refractivity contribution in [2.45, 2.75) is 13.0 Å². The summed E-state index contributed by atoms with van der Waals surface area (Å²) in [6, 6.07) is 12.8. The fourth-order valence-corrected chi connectivity index (χ4v) is 1.80. The third-order valence-corrected chi connectivity index (χ3v) is 2.90. The van der Waals surface area contributed by atoms with Gasteiger partial charge >= 0.3 is 5.69 Å². The summed E-state index contributed by atoms with van der Waals surface area (Å²) in [4.78, 5) is 10.5. The summed E-state index contributed by atoms with van der Waals surface area (Å²) in [6.07, 6.45) is 0. The highest BCUT2D eigenvalue weighted by atomic mass is 16.6. The molecule has 1 atom stereocenters. The molecule has 0 aliphatic rings. The van der Waals surface area contributed by atoms with Crippen LogP contribution in [0.1, 0.15) is 24.1 Å². The summed E-state index contributed by atoms with van der Waals surface area (Å²) >= 11 is 0. The lowest BCUT2D eigenvalue weighted by Crippen LogP contribution is -2.04. The lowest BCUT2D eigenvalue weighted by molar-refractivity contribution is -0.385. The molecule has 0 aromatic heterocycles. The van der Waals surface area contributed by atoms with Gasteiger partial charge in [-0.25, -0.2) is 0 Å². The van der Waals surface area contributed by atoms with Crippen LogP contribution in [0.4, 0.5) is 5.69 Å². The molecule has 2 rings (SSSR count). The van der Waals surface area contributed by atoms with E-state index in [0.29, 0.717) is 5.75 Å². The molecule has 0 spiro atoms. The van der Waals surface area contributed by atoms with Crippen molar-refractivity contribution in [3.63, 3.8) is 0 Å². The Bertz CT molecular complexity index is 720. The van der Waals surface area contributed by atoms with E-state index in [-0.39, 0.29) is 23.0 Å². The molecule has 2 aromatic carbocycles. The number of rotatable bonds is 4. The minimum Gasteiger partial charge on any atom is -0.450 e. The van der Waals surface area contributed by atoms with Crippen molar-refractivity contribution in [2.24, 2.45) is 5.73 Å². The predicted molar refractivity (Wildman–Crippen MR) is 76.9 cm³/mol. The van der Waals surface area contributed by atoms with Gasteiger partial charge in [-0.2, -0.15) is 5.26 Å². The number of benzene rings is 2. The van der Waals surface area contributed by atoms with Crippen LogP contribution >= 0.6 is 0 Å². The van der Waals surface area contributed by atoms with Crippen molar-refractivity contribution in [2.75, 3.05) is 0 Å². The van der Waals surface area contributed by atoms with Gasteiger partial charge < -0.3 is 10.5 Å². The van der Waals surface area contributed by atoms with E-state index in [2.05, 4.69) is 0 Å². The van der Waals surface area contributed by atoms with Gasteiger partial charge in [-0.3, -0.25) is 10.1 Å². The number of nitro benzene ring substituents is 1. The van der Waals surface area contributed by atoms with Gasteiger partial charge in [0.25, 0.3) is 0 Å². The molecule has 106 valence electrons. The van der Waals surface area contributed by atoms with Crippen molar-refractivity contribution in [1.82, 2.24) is 0 Å². The van der Waals surface area contributed by atoms with Crippen molar-refractivity contribution in [3.8, 4) is 17.6 Å². The van der Waals surface area contributed by atoms with Crippen LogP contribution in [0.15, 0.2) is 42.5 Å². The highest BCUT2D eigenvalue weighted by molar-refractivity contribution is 5.53. The quantitative estimate of drug-likeness (QED) is 0.685. The highest BCUT2D eigenvalue weighted by Gasteiger charge is 2.17. The first-order valence-corrected chi connectivity index (χ1v) is 6.23. The molecule has 1 unspecified atom stereocenters. The summed E-state index contributed by atoms with van der Waals surface area (Å²) in [5, 5.41) is 19.8. The second-order valence-electron chi connectivity index (χ2n) is 4.51. The van der Waals surface area contributed by atoms with E-state index >= 15 is 0 Å². The van der Waals surface area contributed by atoms with Gasteiger partial charge in [0.05, 0.1) is 16.6 Å². The van der Waals surface area contributed by atoms with Gasteiger partial charge in [0, 0.05) is 12.1 Å². The zero-order valence-corrected chi connectivity index (χ0v) is 11.3. The predicted octanol–water partition coefficient (Wildman–Crippen LogP) is 3.28. The zero-order valence-electron chi connectivity index (χ0n) is 11.3. The number of nitro groups is 1. The third-order valence-electron chi connectivity index (χ3n) is 2.90. The largest absolute Gasteiger partial charge is 0.450 e. The maximum Gasteiger partial charge on any atom is 0.312 e. The second-order valence-corrected chi connectivity index (χ2v) is 4.51. The topological polar surface area (TPSA) is 102 Å².